The first-order valence-electron chi connectivity index (χ1n) is 11.4. The third kappa shape index (κ3) is 6.50. The number of hydrogen-bond acceptors (Lipinski definition) is 5. The summed E-state index contributed by atoms with van der Waals surface area (Å²) >= 11 is 6.25. The van der Waals surface area contributed by atoms with Gasteiger partial charge in [0.05, 0.1) is 11.6 Å². The Balaban J connectivity index is 1.30. The second-order valence-electron chi connectivity index (χ2n) is 8.92. The van der Waals surface area contributed by atoms with Crippen LogP contribution in [-0.2, 0) is 13.1 Å². The summed E-state index contributed by atoms with van der Waals surface area (Å²) in [5.74, 6) is 2.46. The summed E-state index contributed by atoms with van der Waals surface area (Å²) in [6.07, 6.45) is 5.39. The third-order valence-electron chi connectivity index (χ3n) is 6.05. The number of ether oxygens (including phenoxy) is 2. The lowest BCUT2D eigenvalue weighted by molar-refractivity contribution is -0.0621. The number of halogens is 1. The lowest BCUT2D eigenvalue weighted by atomic mass is 9.93. The number of aliphatic hydroxyl groups is 1. The summed E-state index contributed by atoms with van der Waals surface area (Å²) in [5.41, 5.74) is 1.34. The minimum Gasteiger partial charge on any atom is -0.492 e. The Morgan fingerprint density at radius 1 is 1.15 bits per heavy atom. The fourth-order valence-corrected chi connectivity index (χ4v) is 4.46. The zero-order valence-electron chi connectivity index (χ0n) is 19.3. The molecule has 0 unspecified atom stereocenters. The Labute approximate surface area is 200 Å². The highest BCUT2D eigenvalue weighted by Crippen LogP contribution is 2.29. The number of imidazole rings is 1. The van der Waals surface area contributed by atoms with Crippen LogP contribution >= 0.6 is 11.6 Å². The highest BCUT2D eigenvalue weighted by Gasteiger charge is 2.34. The predicted molar refractivity (Wildman–Crippen MR) is 130 cm³/mol. The van der Waals surface area contributed by atoms with Gasteiger partial charge in [0.25, 0.3) is 0 Å². The third-order valence-corrected chi connectivity index (χ3v) is 6.36. The molecule has 1 aliphatic heterocycles. The summed E-state index contributed by atoms with van der Waals surface area (Å²) in [5, 5.41) is 11.7. The van der Waals surface area contributed by atoms with Gasteiger partial charge in [0.1, 0.15) is 36.1 Å². The number of benzene rings is 2. The van der Waals surface area contributed by atoms with E-state index in [9.17, 15) is 5.11 Å². The molecule has 0 aliphatic carbocycles. The van der Waals surface area contributed by atoms with Crippen LogP contribution in [0, 0.1) is 13.8 Å². The van der Waals surface area contributed by atoms with Crippen LogP contribution in [0.3, 0.4) is 0 Å². The van der Waals surface area contributed by atoms with E-state index in [4.69, 9.17) is 21.1 Å². The first kappa shape index (κ1) is 23.6. The molecule has 176 valence electrons. The molecule has 0 amide bonds. The number of rotatable bonds is 9. The van der Waals surface area contributed by atoms with Crippen molar-refractivity contribution in [1.29, 1.82) is 0 Å². The van der Waals surface area contributed by atoms with Gasteiger partial charge in [0.15, 0.2) is 0 Å². The molecule has 2 heterocycles. The van der Waals surface area contributed by atoms with Crippen molar-refractivity contribution in [2.24, 2.45) is 0 Å². The van der Waals surface area contributed by atoms with Crippen molar-refractivity contribution in [3.63, 3.8) is 0 Å². The summed E-state index contributed by atoms with van der Waals surface area (Å²) < 4.78 is 14.0. The first-order valence-corrected chi connectivity index (χ1v) is 11.8. The lowest BCUT2D eigenvalue weighted by Crippen LogP contribution is -2.51. The topological polar surface area (TPSA) is 59.8 Å². The number of aromatic nitrogens is 2. The standard InChI is InChI=1S/C26H32ClN3O3/c1-20-7-8-24(27)25(15-20)33-19-26(31)9-4-11-29(18-26)17-22-5-3-6-23(16-22)32-14-13-30-12-10-28-21(30)2/h3,5-8,10,12,15-16,31H,4,9,11,13-14,17-19H2,1-2H3/t26-/m0/s1. The van der Waals surface area contributed by atoms with Crippen molar-refractivity contribution >= 4 is 11.6 Å². The quantitative estimate of drug-likeness (QED) is 0.494. The molecule has 1 N–H and O–H groups in total. The van der Waals surface area contributed by atoms with E-state index < -0.39 is 5.60 Å². The number of nitrogens with zero attached hydrogens (tertiary/aromatic N) is 3. The molecule has 6 nitrogen and oxygen atoms in total. The lowest BCUT2D eigenvalue weighted by Gasteiger charge is -2.39. The Morgan fingerprint density at radius 2 is 2.03 bits per heavy atom. The SMILES string of the molecule is Cc1ccc(Cl)c(OC[C@]2(O)CCCN(Cc3cccc(OCCn4ccnc4C)c3)C2)c1. The van der Waals surface area contributed by atoms with Crippen LogP contribution in [0.1, 0.15) is 29.8 Å². The average molecular weight is 470 g/mol. The van der Waals surface area contributed by atoms with Crippen molar-refractivity contribution in [1.82, 2.24) is 14.5 Å². The fourth-order valence-electron chi connectivity index (χ4n) is 4.29. The Hall–Kier alpha value is -2.54. The summed E-state index contributed by atoms with van der Waals surface area (Å²) in [7, 11) is 0. The number of piperidine rings is 1. The highest BCUT2D eigenvalue weighted by atomic mass is 35.5. The van der Waals surface area contributed by atoms with Gasteiger partial charge < -0.3 is 19.1 Å². The monoisotopic (exact) mass is 469 g/mol. The fraction of sp³-hybridized carbons (Fsp3) is 0.423. The summed E-state index contributed by atoms with van der Waals surface area (Å²) in [4.78, 5) is 6.51. The molecule has 1 saturated heterocycles. The summed E-state index contributed by atoms with van der Waals surface area (Å²) in [6.45, 7) is 7.82. The van der Waals surface area contributed by atoms with Crippen molar-refractivity contribution < 1.29 is 14.6 Å². The molecule has 0 saturated carbocycles. The zero-order chi connectivity index (χ0) is 23.3. The van der Waals surface area contributed by atoms with E-state index in [1.54, 1.807) is 6.20 Å². The van der Waals surface area contributed by atoms with E-state index in [2.05, 4.69) is 26.6 Å². The second-order valence-corrected chi connectivity index (χ2v) is 9.33. The van der Waals surface area contributed by atoms with Gasteiger partial charge in [-0.1, -0.05) is 29.8 Å². The van der Waals surface area contributed by atoms with Crippen molar-refractivity contribution in [3.8, 4) is 11.5 Å². The number of hydrogen-bond donors (Lipinski definition) is 1. The van der Waals surface area contributed by atoms with Crippen LogP contribution in [0.2, 0.25) is 5.02 Å². The molecule has 2 aromatic carbocycles. The van der Waals surface area contributed by atoms with Crippen molar-refractivity contribution in [2.45, 2.75) is 45.4 Å². The zero-order valence-corrected chi connectivity index (χ0v) is 20.1. The van der Waals surface area contributed by atoms with Gasteiger partial charge in [-0.05, 0) is 68.6 Å². The maximum atomic E-state index is 11.2. The van der Waals surface area contributed by atoms with Crippen LogP contribution in [-0.4, -0.2) is 51.5 Å². The minimum atomic E-state index is -0.901. The highest BCUT2D eigenvalue weighted by molar-refractivity contribution is 6.32. The number of likely N-dealkylation sites (tertiary alicyclic amines) is 1. The molecule has 1 atom stereocenters. The van der Waals surface area contributed by atoms with Gasteiger partial charge in [-0.2, -0.15) is 0 Å². The van der Waals surface area contributed by atoms with E-state index in [0.29, 0.717) is 30.3 Å². The van der Waals surface area contributed by atoms with Gasteiger partial charge in [0, 0.05) is 25.5 Å². The molecule has 0 bridgehead atoms. The molecule has 0 radical (unpaired) electrons. The average Bonchev–Trinajstić information content (AvgIpc) is 3.19. The van der Waals surface area contributed by atoms with E-state index in [1.807, 2.05) is 50.4 Å². The molecular formula is C26H32ClN3O3. The Kier molecular flexibility index (Phi) is 7.58. The van der Waals surface area contributed by atoms with Crippen LogP contribution in [0.15, 0.2) is 54.9 Å². The molecule has 1 fully saturated rings. The molecule has 1 aromatic heterocycles. The number of aryl methyl sites for hydroxylation is 2. The molecule has 4 rings (SSSR count). The second kappa shape index (κ2) is 10.6. The van der Waals surface area contributed by atoms with E-state index >= 15 is 0 Å². The van der Waals surface area contributed by atoms with Crippen molar-refractivity contribution in [2.75, 3.05) is 26.3 Å². The van der Waals surface area contributed by atoms with E-state index in [1.165, 1.54) is 5.56 Å². The van der Waals surface area contributed by atoms with E-state index in [0.717, 1.165) is 43.2 Å². The molecule has 7 heteroatoms. The minimum absolute atomic E-state index is 0.226. The number of β-amino-alcohol motifs (C(OH)–C–C–N with tert-alkyl or cyclic N) is 1. The van der Waals surface area contributed by atoms with Crippen LogP contribution < -0.4 is 9.47 Å². The maximum absolute atomic E-state index is 11.2. The molecule has 33 heavy (non-hydrogen) atoms. The van der Waals surface area contributed by atoms with Crippen LogP contribution in [0.4, 0.5) is 0 Å². The van der Waals surface area contributed by atoms with Crippen LogP contribution in [0.25, 0.3) is 0 Å². The molecule has 0 spiro atoms. The van der Waals surface area contributed by atoms with Gasteiger partial charge in [-0.15, -0.1) is 0 Å². The van der Waals surface area contributed by atoms with E-state index in [-0.39, 0.29) is 6.61 Å². The summed E-state index contributed by atoms with van der Waals surface area (Å²) in [6, 6.07) is 13.9. The van der Waals surface area contributed by atoms with Crippen molar-refractivity contribution in [3.05, 3.63) is 76.8 Å². The molecule has 3 aromatic rings. The smallest absolute Gasteiger partial charge is 0.138 e. The van der Waals surface area contributed by atoms with Gasteiger partial charge in [0.2, 0.25) is 0 Å². The largest absolute Gasteiger partial charge is 0.492 e. The Morgan fingerprint density at radius 3 is 2.85 bits per heavy atom. The van der Waals surface area contributed by atoms with Gasteiger partial charge in [-0.25, -0.2) is 4.98 Å². The predicted octanol–water partition coefficient (Wildman–Crippen LogP) is 4.64. The molecule has 1 aliphatic rings. The van der Waals surface area contributed by atoms with Gasteiger partial charge >= 0.3 is 0 Å². The maximum Gasteiger partial charge on any atom is 0.138 e. The Bertz CT molecular complexity index is 1070. The molecular weight excluding hydrogens is 438 g/mol. The first-order chi connectivity index (χ1) is 15.9. The van der Waals surface area contributed by atoms with Gasteiger partial charge in [-0.3, -0.25) is 4.90 Å². The van der Waals surface area contributed by atoms with Crippen LogP contribution in [0.5, 0.6) is 11.5 Å². The normalized spacial score (nSPS) is 18.9.